The van der Waals surface area contributed by atoms with Gasteiger partial charge in [-0.25, -0.2) is 0 Å². The fraction of sp³-hybridized carbons (Fsp3) is 0.385. The minimum atomic E-state index is -0.158. The van der Waals surface area contributed by atoms with Crippen molar-refractivity contribution in [3.63, 3.8) is 0 Å². The molecule has 17 heavy (non-hydrogen) atoms. The summed E-state index contributed by atoms with van der Waals surface area (Å²) in [5, 5.41) is 3.94. The molecule has 1 heterocycles. The zero-order valence-corrected chi connectivity index (χ0v) is 10.2. The quantitative estimate of drug-likeness (QED) is 0.877. The predicted octanol–water partition coefficient (Wildman–Crippen LogP) is 2.38. The Morgan fingerprint density at radius 1 is 1.29 bits per heavy atom. The van der Waals surface area contributed by atoms with Crippen molar-refractivity contribution < 1.29 is 4.52 Å². The van der Waals surface area contributed by atoms with E-state index in [4.69, 9.17) is 10.3 Å². The first kappa shape index (κ1) is 11.8. The van der Waals surface area contributed by atoms with E-state index in [-0.39, 0.29) is 6.04 Å². The summed E-state index contributed by atoms with van der Waals surface area (Å²) in [5.74, 6) is 1.21. The van der Waals surface area contributed by atoms with E-state index >= 15 is 0 Å². The fourth-order valence-corrected chi connectivity index (χ4v) is 1.55. The van der Waals surface area contributed by atoms with Crippen LogP contribution in [0.4, 0.5) is 0 Å². The summed E-state index contributed by atoms with van der Waals surface area (Å²) in [5.41, 5.74) is 8.24. The molecule has 0 aliphatic heterocycles. The maximum Gasteiger partial charge on any atom is 0.243 e. The van der Waals surface area contributed by atoms with Gasteiger partial charge in [0.25, 0.3) is 0 Å². The average Bonchev–Trinajstić information content (AvgIpc) is 2.80. The number of nitrogens with two attached hydrogens (primary N) is 1. The summed E-state index contributed by atoms with van der Waals surface area (Å²) in [4.78, 5) is 4.30. The minimum Gasteiger partial charge on any atom is -0.338 e. The number of aromatic nitrogens is 2. The molecule has 1 atom stereocenters. The highest BCUT2D eigenvalue weighted by atomic mass is 16.5. The van der Waals surface area contributed by atoms with E-state index in [9.17, 15) is 0 Å². The summed E-state index contributed by atoms with van der Waals surface area (Å²) < 4.78 is 5.13. The van der Waals surface area contributed by atoms with Crippen molar-refractivity contribution >= 4 is 0 Å². The summed E-state index contributed by atoms with van der Waals surface area (Å²) in [6, 6.07) is 8.15. The van der Waals surface area contributed by atoms with Crippen molar-refractivity contribution in [2.24, 2.45) is 5.73 Å². The van der Waals surface area contributed by atoms with Gasteiger partial charge in [0.05, 0.1) is 6.04 Å². The van der Waals surface area contributed by atoms with Gasteiger partial charge in [0.1, 0.15) is 0 Å². The topological polar surface area (TPSA) is 64.9 Å². The third kappa shape index (κ3) is 2.91. The summed E-state index contributed by atoms with van der Waals surface area (Å²) >= 11 is 0. The van der Waals surface area contributed by atoms with Crippen LogP contribution in [-0.4, -0.2) is 10.1 Å². The van der Waals surface area contributed by atoms with Gasteiger partial charge < -0.3 is 10.3 Å². The monoisotopic (exact) mass is 231 g/mol. The molecule has 4 nitrogen and oxygen atoms in total. The minimum absolute atomic E-state index is 0.158. The van der Waals surface area contributed by atoms with Crippen molar-refractivity contribution in [2.45, 2.75) is 32.7 Å². The number of hydrogen-bond donors (Lipinski definition) is 1. The lowest BCUT2D eigenvalue weighted by Crippen LogP contribution is -2.08. The largest absolute Gasteiger partial charge is 0.338 e. The van der Waals surface area contributed by atoms with Gasteiger partial charge in [0, 0.05) is 6.42 Å². The van der Waals surface area contributed by atoms with Crippen LogP contribution < -0.4 is 5.73 Å². The predicted molar refractivity (Wildman–Crippen MR) is 65.5 cm³/mol. The van der Waals surface area contributed by atoms with Crippen LogP contribution in [0.5, 0.6) is 0 Å². The summed E-state index contributed by atoms with van der Waals surface area (Å²) in [6.07, 6.45) is 1.48. The lowest BCUT2D eigenvalue weighted by Gasteiger charge is -1.99. The SMILES string of the molecule is CCC(N)c1nc(Cc2ccc(C)cc2)no1. The molecule has 0 bridgehead atoms. The number of nitrogens with zero attached hydrogens (tertiary/aromatic N) is 2. The van der Waals surface area contributed by atoms with Crippen LogP contribution in [-0.2, 0) is 6.42 Å². The first-order chi connectivity index (χ1) is 8.19. The molecule has 0 aliphatic rings. The molecule has 0 saturated carbocycles. The second-order valence-corrected chi connectivity index (χ2v) is 4.23. The Balaban J connectivity index is 2.08. The van der Waals surface area contributed by atoms with Crippen molar-refractivity contribution in [3.8, 4) is 0 Å². The van der Waals surface area contributed by atoms with Gasteiger partial charge in [0.2, 0.25) is 5.89 Å². The molecule has 4 heteroatoms. The van der Waals surface area contributed by atoms with Crippen LogP contribution in [0.2, 0.25) is 0 Å². The van der Waals surface area contributed by atoms with Gasteiger partial charge in [-0.3, -0.25) is 0 Å². The first-order valence-corrected chi connectivity index (χ1v) is 5.82. The molecule has 1 unspecified atom stereocenters. The van der Waals surface area contributed by atoms with Gasteiger partial charge in [-0.2, -0.15) is 4.98 Å². The van der Waals surface area contributed by atoms with Gasteiger partial charge >= 0.3 is 0 Å². The van der Waals surface area contributed by atoms with Crippen LogP contribution in [0.3, 0.4) is 0 Å². The van der Waals surface area contributed by atoms with E-state index in [0.29, 0.717) is 18.1 Å². The Morgan fingerprint density at radius 2 is 2.00 bits per heavy atom. The molecule has 90 valence electrons. The molecule has 0 amide bonds. The highest BCUT2D eigenvalue weighted by Crippen LogP contribution is 2.13. The van der Waals surface area contributed by atoms with Gasteiger partial charge in [-0.15, -0.1) is 0 Å². The molecule has 0 radical (unpaired) electrons. The number of aryl methyl sites for hydroxylation is 1. The smallest absolute Gasteiger partial charge is 0.243 e. The normalized spacial score (nSPS) is 12.6. The standard InChI is InChI=1S/C13H17N3O/c1-3-11(14)13-15-12(16-17-13)8-10-6-4-9(2)5-7-10/h4-7,11H,3,8,14H2,1-2H3. The number of benzene rings is 1. The molecule has 0 aliphatic carbocycles. The Hall–Kier alpha value is -1.68. The molecule has 0 fully saturated rings. The van der Waals surface area contributed by atoms with Crippen molar-refractivity contribution in [2.75, 3.05) is 0 Å². The maximum atomic E-state index is 5.82. The molecular formula is C13H17N3O. The molecule has 1 aromatic carbocycles. The van der Waals surface area contributed by atoms with E-state index in [1.807, 2.05) is 6.92 Å². The van der Waals surface area contributed by atoms with E-state index < -0.39 is 0 Å². The third-order valence-electron chi connectivity index (χ3n) is 2.72. The lowest BCUT2D eigenvalue weighted by atomic mass is 10.1. The van der Waals surface area contributed by atoms with E-state index in [0.717, 1.165) is 6.42 Å². The van der Waals surface area contributed by atoms with E-state index in [1.54, 1.807) is 0 Å². The maximum absolute atomic E-state index is 5.82. The van der Waals surface area contributed by atoms with Crippen LogP contribution in [0, 0.1) is 6.92 Å². The average molecular weight is 231 g/mol. The van der Waals surface area contributed by atoms with Crippen molar-refractivity contribution in [1.82, 2.24) is 10.1 Å². The molecule has 0 saturated heterocycles. The molecule has 1 aromatic heterocycles. The Bertz CT molecular complexity index is 476. The zero-order valence-electron chi connectivity index (χ0n) is 10.2. The van der Waals surface area contributed by atoms with E-state index in [1.165, 1.54) is 11.1 Å². The summed E-state index contributed by atoms with van der Waals surface area (Å²) in [7, 11) is 0. The molecule has 2 N–H and O–H groups in total. The Morgan fingerprint density at radius 3 is 2.65 bits per heavy atom. The Labute approximate surface area is 101 Å². The van der Waals surface area contributed by atoms with Crippen LogP contribution in [0.15, 0.2) is 28.8 Å². The lowest BCUT2D eigenvalue weighted by molar-refractivity contribution is 0.348. The highest BCUT2D eigenvalue weighted by molar-refractivity contribution is 5.23. The Kier molecular flexibility index (Phi) is 3.54. The third-order valence-corrected chi connectivity index (χ3v) is 2.72. The first-order valence-electron chi connectivity index (χ1n) is 5.82. The molecule has 2 rings (SSSR count). The van der Waals surface area contributed by atoms with Crippen LogP contribution in [0.25, 0.3) is 0 Å². The van der Waals surface area contributed by atoms with Crippen molar-refractivity contribution in [3.05, 3.63) is 47.1 Å². The van der Waals surface area contributed by atoms with Crippen LogP contribution >= 0.6 is 0 Å². The highest BCUT2D eigenvalue weighted by Gasteiger charge is 2.12. The van der Waals surface area contributed by atoms with E-state index in [2.05, 4.69) is 41.3 Å². The van der Waals surface area contributed by atoms with Crippen molar-refractivity contribution in [1.29, 1.82) is 0 Å². The van der Waals surface area contributed by atoms with Gasteiger partial charge in [0.15, 0.2) is 5.82 Å². The molecular weight excluding hydrogens is 214 g/mol. The molecule has 0 spiro atoms. The fourth-order valence-electron chi connectivity index (χ4n) is 1.55. The zero-order chi connectivity index (χ0) is 12.3. The second kappa shape index (κ2) is 5.10. The summed E-state index contributed by atoms with van der Waals surface area (Å²) in [6.45, 7) is 4.06. The number of rotatable bonds is 4. The number of hydrogen-bond acceptors (Lipinski definition) is 4. The van der Waals surface area contributed by atoms with Gasteiger partial charge in [-0.1, -0.05) is 41.9 Å². The second-order valence-electron chi connectivity index (χ2n) is 4.23. The van der Waals surface area contributed by atoms with Crippen LogP contribution in [0.1, 0.15) is 42.2 Å². The van der Waals surface area contributed by atoms with Gasteiger partial charge in [-0.05, 0) is 18.9 Å². The molecule has 2 aromatic rings.